The van der Waals surface area contributed by atoms with Crippen LogP contribution in [0.5, 0.6) is 5.75 Å². The van der Waals surface area contributed by atoms with Gasteiger partial charge in [0, 0.05) is 27.3 Å². The van der Waals surface area contributed by atoms with E-state index in [4.69, 9.17) is 13.7 Å². The molecular weight excluding hydrogens is 291 g/mol. The van der Waals surface area contributed by atoms with Crippen molar-refractivity contribution >= 4 is 21.5 Å². The molecule has 0 amide bonds. The van der Waals surface area contributed by atoms with Crippen molar-refractivity contribution < 1.29 is 13.7 Å². The largest absolute Gasteiger partial charge is 0.362 e. The standard InChI is InChI=1S/C15H23O3PS/c1-2-15(10-6-11-15)14(17-19)9-12-20-18-16-13-7-4-3-5-8-13/h3-5,7-8,14H,2,6,9-12,19H2,1H3. The lowest BCUT2D eigenvalue weighted by Gasteiger charge is -2.46. The second-order valence-electron chi connectivity index (χ2n) is 5.27. The molecule has 0 bridgehead atoms. The lowest BCUT2D eigenvalue weighted by atomic mass is 9.63. The lowest BCUT2D eigenvalue weighted by molar-refractivity contribution is -0.0782. The fourth-order valence-electron chi connectivity index (χ4n) is 2.78. The van der Waals surface area contributed by atoms with E-state index < -0.39 is 0 Å². The van der Waals surface area contributed by atoms with E-state index in [0.29, 0.717) is 11.5 Å². The molecule has 0 radical (unpaired) electrons. The summed E-state index contributed by atoms with van der Waals surface area (Å²) in [5, 5.41) is 0. The number of para-hydroxylation sites is 1. The number of benzene rings is 1. The molecule has 0 spiro atoms. The van der Waals surface area contributed by atoms with Crippen LogP contribution < -0.4 is 4.89 Å². The van der Waals surface area contributed by atoms with Gasteiger partial charge in [-0.15, -0.1) is 4.33 Å². The van der Waals surface area contributed by atoms with Crippen molar-refractivity contribution in [2.75, 3.05) is 5.75 Å². The van der Waals surface area contributed by atoms with E-state index in [2.05, 4.69) is 16.4 Å². The highest BCUT2D eigenvalue weighted by atomic mass is 32.2. The Kier molecular flexibility index (Phi) is 6.63. The molecule has 1 saturated carbocycles. The molecule has 1 aromatic carbocycles. The van der Waals surface area contributed by atoms with Crippen LogP contribution >= 0.6 is 21.5 Å². The summed E-state index contributed by atoms with van der Waals surface area (Å²) in [5.74, 6) is 1.59. The average molecular weight is 314 g/mol. The number of hydrogen-bond acceptors (Lipinski definition) is 4. The van der Waals surface area contributed by atoms with Gasteiger partial charge in [-0.05, 0) is 43.2 Å². The van der Waals surface area contributed by atoms with E-state index in [9.17, 15) is 0 Å². The molecule has 0 aromatic heterocycles. The molecule has 2 rings (SSSR count). The molecule has 112 valence electrons. The fraction of sp³-hybridized carbons (Fsp3) is 0.600. The molecule has 0 saturated heterocycles. The first-order valence-electron chi connectivity index (χ1n) is 7.17. The number of rotatable bonds is 9. The van der Waals surface area contributed by atoms with Crippen molar-refractivity contribution in [1.82, 2.24) is 0 Å². The Labute approximate surface area is 128 Å². The van der Waals surface area contributed by atoms with E-state index in [-0.39, 0.29) is 0 Å². The van der Waals surface area contributed by atoms with Crippen molar-refractivity contribution in [3.63, 3.8) is 0 Å². The predicted molar refractivity (Wildman–Crippen MR) is 86.4 cm³/mol. The van der Waals surface area contributed by atoms with Crippen LogP contribution in [-0.2, 0) is 8.86 Å². The molecule has 2 atom stereocenters. The summed E-state index contributed by atoms with van der Waals surface area (Å²) in [5.41, 5.74) is 0.391. The zero-order chi connectivity index (χ0) is 14.3. The molecule has 0 heterocycles. The summed E-state index contributed by atoms with van der Waals surface area (Å²) in [4.78, 5) is 5.19. The quantitative estimate of drug-likeness (QED) is 0.215. The first-order chi connectivity index (χ1) is 9.80. The molecule has 1 fully saturated rings. The predicted octanol–water partition coefficient (Wildman–Crippen LogP) is 4.79. The maximum atomic E-state index is 5.62. The first kappa shape index (κ1) is 16.1. The van der Waals surface area contributed by atoms with Gasteiger partial charge in [0.1, 0.15) is 0 Å². The van der Waals surface area contributed by atoms with Gasteiger partial charge < -0.3 is 9.41 Å². The van der Waals surface area contributed by atoms with Crippen LogP contribution in [0.1, 0.15) is 39.0 Å². The summed E-state index contributed by atoms with van der Waals surface area (Å²) >= 11 is 1.34. The highest BCUT2D eigenvalue weighted by Crippen LogP contribution is 2.49. The van der Waals surface area contributed by atoms with Crippen molar-refractivity contribution in [1.29, 1.82) is 0 Å². The Bertz CT molecular complexity index is 378. The van der Waals surface area contributed by atoms with Gasteiger partial charge >= 0.3 is 0 Å². The van der Waals surface area contributed by atoms with Gasteiger partial charge in [-0.3, -0.25) is 0 Å². The zero-order valence-corrected chi connectivity index (χ0v) is 13.9. The van der Waals surface area contributed by atoms with Crippen LogP contribution in [0, 0.1) is 5.41 Å². The van der Waals surface area contributed by atoms with Gasteiger partial charge in [-0.2, -0.15) is 0 Å². The second kappa shape index (κ2) is 8.23. The Morgan fingerprint density at radius 1 is 1.30 bits per heavy atom. The molecule has 5 heteroatoms. The third-order valence-electron chi connectivity index (χ3n) is 4.29. The molecule has 20 heavy (non-hydrogen) atoms. The first-order valence-corrected chi connectivity index (χ1v) is 8.55. The van der Waals surface area contributed by atoms with Crippen LogP contribution in [0.4, 0.5) is 0 Å². The van der Waals surface area contributed by atoms with Crippen LogP contribution in [0.25, 0.3) is 0 Å². The van der Waals surface area contributed by atoms with Gasteiger partial charge in [-0.25, -0.2) is 0 Å². The lowest BCUT2D eigenvalue weighted by Crippen LogP contribution is -2.41. The summed E-state index contributed by atoms with van der Waals surface area (Å²) in [6, 6.07) is 9.53. The Balaban J connectivity index is 1.64. The van der Waals surface area contributed by atoms with Crippen molar-refractivity contribution in [2.24, 2.45) is 5.41 Å². The maximum Gasteiger partial charge on any atom is 0.166 e. The summed E-state index contributed by atoms with van der Waals surface area (Å²) < 4.78 is 10.8. The highest BCUT2D eigenvalue weighted by Gasteiger charge is 2.42. The Hall–Kier alpha value is -0.280. The Morgan fingerprint density at radius 3 is 2.60 bits per heavy atom. The molecule has 3 nitrogen and oxygen atoms in total. The molecule has 1 aliphatic rings. The van der Waals surface area contributed by atoms with E-state index in [1.54, 1.807) is 0 Å². The van der Waals surface area contributed by atoms with E-state index >= 15 is 0 Å². The minimum atomic E-state index is 0.305. The fourth-order valence-corrected chi connectivity index (χ4v) is 3.71. The topological polar surface area (TPSA) is 27.7 Å². The molecular formula is C15H23O3PS. The smallest absolute Gasteiger partial charge is 0.166 e. The van der Waals surface area contributed by atoms with Crippen molar-refractivity contribution in [3.8, 4) is 5.75 Å². The zero-order valence-electron chi connectivity index (χ0n) is 11.9. The molecule has 2 unspecified atom stereocenters. The van der Waals surface area contributed by atoms with Crippen LogP contribution in [-0.4, -0.2) is 11.9 Å². The summed E-state index contributed by atoms with van der Waals surface area (Å²) in [6.45, 7) is 2.26. The van der Waals surface area contributed by atoms with Gasteiger partial charge in [-0.1, -0.05) is 31.5 Å². The molecule has 0 N–H and O–H groups in total. The highest BCUT2D eigenvalue weighted by molar-refractivity contribution is 7.94. The third kappa shape index (κ3) is 4.11. The van der Waals surface area contributed by atoms with Crippen LogP contribution in [0.15, 0.2) is 30.3 Å². The number of hydrogen-bond donors (Lipinski definition) is 0. The van der Waals surface area contributed by atoms with Gasteiger partial charge in [0.2, 0.25) is 0 Å². The molecule has 1 aromatic rings. The normalized spacial score (nSPS) is 18.3. The summed E-state index contributed by atoms with van der Waals surface area (Å²) in [7, 11) is 2.43. The molecule has 1 aliphatic carbocycles. The van der Waals surface area contributed by atoms with E-state index in [1.165, 1.54) is 37.7 Å². The van der Waals surface area contributed by atoms with Gasteiger partial charge in [0.15, 0.2) is 5.75 Å². The van der Waals surface area contributed by atoms with E-state index in [0.717, 1.165) is 17.9 Å². The van der Waals surface area contributed by atoms with Gasteiger partial charge in [0.05, 0.1) is 6.10 Å². The van der Waals surface area contributed by atoms with E-state index in [1.807, 2.05) is 30.3 Å². The average Bonchev–Trinajstić information content (AvgIpc) is 2.45. The van der Waals surface area contributed by atoms with Crippen molar-refractivity contribution in [3.05, 3.63) is 30.3 Å². The van der Waals surface area contributed by atoms with Gasteiger partial charge in [0.25, 0.3) is 0 Å². The van der Waals surface area contributed by atoms with Crippen LogP contribution in [0.3, 0.4) is 0 Å². The third-order valence-corrected chi connectivity index (χ3v) is 5.18. The monoisotopic (exact) mass is 314 g/mol. The Morgan fingerprint density at radius 2 is 2.05 bits per heavy atom. The van der Waals surface area contributed by atoms with Crippen molar-refractivity contribution in [2.45, 2.75) is 45.1 Å². The second-order valence-corrected chi connectivity index (χ2v) is 6.32. The molecule has 0 aliphatic heterocycles. The SMILES string of the molecule is CCC1(C(CCSOOc2ccccc2)OP)CCC1. The maximum absolute atomic E-state index is 5.62. The van der Waals surface area contributed by atoms with Crippen LogP contribution in [0.2, 0.25) is 0 Å². The summed E-state index contributed by atoms with van der Waals surface area (Å²) in [6.07, 6.45) is 6.39. The minimum absolute atomic E-state index is 0.305. The minimum Gasteiger partial charge on any atom is -0.362 e.